The van der Waals surface area contributed by atoms with Gasteiger partial charge in [-0.15, -0.1) is 0 Å². The lowest BCUT2D eigenvalue weighted by atomic mass is 9.96. The average molecular weight is 958 g/mol. The molecule has 0 amide bonds. The zero-order chi connectivity index (χ0) is 49.1. The zero-order valence-corrected chi connectivity index (χ0v) is 40.5. The Hall–Kier alpha value is -10.1. The maximum absolute atomic E-state index is 6.35. The van der Waals surface area contributed by atoms with E-state index in [4.69, 9.17) is 15.2 Å². The molecule has 0 radical (unpaired) electrons. The smallest absolute Gasteiger partial charge is 0.165 e. The monoisotopic (exact) mass is 957 g/mol. The van der Waals surface area contributed by atoms with Gasteiger partial charge < -0.3 is 9.13 Å². The molecule has 7 nitrogen and oxygen atoms in total. The van der Waals surface area contributed by atoms with Crippen LogP contribution in [0, 0.1) is 0 Å². The first-order valence-electron chi connectivity index (χ1n) is 25.6. The number of hydrogen-bond donors (Lipinski definition) is 0. The molecule has 6 heterocycles. The minimum atomic E-state index is 0.646. The van der Waals surface area contributed by atoms with Crippen molar-refractivity contribution in [1.29, 1.82) is 0 Å². The van der Waals surface area contributed by atoms with E-state index in [2.05, 4.69) is 261 Å². The molecule has 0 spiro atoms. The van der Waals surface area contributed by atoms with Crippen molar-refractivity contribution in [2.24, 2.45) is 10.2 Å². The van der Waals surface area contributed by atoms with Crippen molar-refractivity contribution in [2.75, 3.05) is 0 Å². The van der Waals surface area contributed by atoms with Gasteiger partial charge in [-0.05, 0) is 65.2 Å². The first-order chi connectivity index (χ1) is 37.3. The van der Waals surface area contributed by atoms with Crippen molar-refractivity contribution in [2.45, 2.75) is 6.42 Å². The van der Waals surface area contributed by atoms with Crippen LogP contribution in [0.25, 0.3) is 121 Å². The third kappa shape index (κ3) is 6.06. The summed E-state index contributed by atoms with van der Waals surface area (Å²) < 4.78 is 9.83. The number of rotatable bonds is 7. The number of fused-ring (bicyclic) bond motifs is 12. The molecule has 5 aromatic heterocycles. The second-order valence-electron chi connectivity index (χ2n) is 19.5. The molecule has 1 aliphatic rings. The van der Waals surface area contributed by atoms with E-state index in [1.54, 1.807) is 0 Å². The zero-order valence-electron chi connectivity index (χ0n) is 40.5. The highest BCUT2D eigenvalue weighted by atomic mass is 15.2. The van der Waals surface area contributed by atoms with E-state index in [1.165, 1.54) is 21.5 Å². The molecule has 0 bridgehead atoms. The van der Waals surface area contributed by atoms with Crippen LogP contribution in [0.15, 0.2) is 259 Å². The summed E-state index contributed by atoms with van der Waals surface area (Å²) in [6.45, 7) is 0. The molecule has 10 aromatic carbocycles. The van der Waals surface area contributed by atoms with Crippen LogP contribution in [-0.4, -0.2) is 34.7 Å². The van der Waals surface area contributed by atoms with Crippen LogP contribution < -0.4 is 0 Å². The van der Waals surface area contributed by atoms with Crippen molar-refractivity contribution in [3.05, 3.63) is 260 Å². The van der Waals surface area contributed by atoms with Crippen molar-refractivity contribution < 1.29 is 0 Å². The quantitative estimate of drug-likeness (QED) is 0.157. The molecule has 1 aliphatic heterocycles. The standard InChI is InChI=1S/C68H43N7/c1-2-20-43(21-3-1)54-42-55(71-70-54)44-38-40-45(41-39-44)64-65(72-56-30-12-4-22-46(56)47-23-5-13-31-57(47)72)67(74-60-34-16-8-26-50(60)51-27-9-17-35-61(51)74)69-68(75-62-36-18-10-28-52(62)53-29-11-19-37-63(53)75)66(64)73-58-32-14-6-24-48(58)49-25-7-15-33-59(49)73/h1-41H,42H2. The van der Waals surface area contributed by atoms with E-state index in [1.807, 2.05) is 6.07 Å². The van der Waals surface area contributed by atoms with Gasteiger partial charge in [0.2, 0.25) is 0 Å². The molecule has 350 valence electrons. The maximum Gasteiger partial charge on any atom is 0.165 e. The molecule has 0 fully saturated rings. The number of hydrogen-bond acceptors (Lipinski definition) is 3. The fourth-order valence-electron chi connectivity index (χ4n) is 12.3. The highest BCUT2D eigenvalue weighted by Crippen LogP contribution is 2.49. The van der Waals surface area contributed by atoms with Crippen molar-refractivity contribution >= 4 is 98.6 Å². The van der Waals surface area contributed by atoms with Gasteiger partial charge in [0.05, 0.1) is 55.6 Å². The highest BCUT2D eigenvalue weighted by molar-refractivity contribution is 6.21. The predicted molar refractivity (Wildman–Crippen MR) is 311 cm³/mol. The highest BCUT2D eigenvalue weighted by Gasteiger charge is 2.32. The Kier molecular flexibility index (Phi) is 8.96. The molecule has 0 N–H and O–H groups in total. The molecule has 0 unspecified atom stereocenters. The molecule has 75 heavy (non-hydrogen) atoms. The second-order valence-corrected chi connectivity index (χ2v) is 19.5. The largest absolute Gasteiger partial charge is 0.305 e. The fourth-order valence-corrected chi connectivity index (χ4v) is 12.3. The van der Waals surface area contributed by atoms with Crippen molar-refractivity contribution in [1.82, 2.24) is 23.3 Å². The van der Waals surface area contributed by atoms with Gasteiger partial charge in [-0.2, -0.15) is 10.2 Å². The number of para-hydroxylation sites is 8. The summed E-state index contributed by atoms with van der Waals surface area (Å²) in [6, 6.07) is 89.9. The molecule has 0 atom stereocenters. The predicted octanol–water partition coefficient (Wildman–Crippen LogP) is 16.7. The van der Waals surface area contributed by atoms with E-state index in [0.717, 1.165) is 122 Å². The van der Waals surface area contributed by atoms with Crippen LogP contribution in [0.4, 0.5) is 0 Å². The van der Waals surface area contributed by atoms with E-state index in [9.17, 15) is 0 Å². The van der Waals surface area contributed by atoms with Gasteiger partial charge in [0, 0.05) is 55.1 Å². The van der Waals surface area contributed by atoms with Crippen LogP contribution in [-0.2, 0) is 0 Å². The molecule has 0 saturated carbocycles. The summed E-state index contributed by atoms with van der Waals surface area (Å²) in [5.41, 5.74) is 16.6. The van der Waals surface area contributed by atoms with Gasteiger partial charge in [-0.1, -0.05) is 200 Å². The number of aromatic nitrogens is 5. The molecule has 0 aliphatic carbocycles. The third-order valence-electron chi connectivity index (χ3n) is 15.5. The topological polar surface area (TPSA) is 57.3 Å². The average Bonchev–Trinajstić information content (AvgIpc) is 4.32. The lowest BCUT2D eigenvalue weighted by Gasteiger charge is -2.27. The van der Waals surface area contributed by atoms with Crippen molar-refractivity contribution in [3.63, 3.8) is 0 Å². The minimum Gasteiger partial charge on any atom is -0.305 e. The molecule has 7 heteroatoms. The summed E-state index contributed by atoms with van der Waals surface area (Å²) >= 11 is 0. The summed E-state index contributed by atoms with van der Waals surface area (Å²) in [5, 5.41) is 18.8. The van der Waals surface area contributed by atoms with Gasteiger partial charge >= 0.3 is 0 Å². The first kappa shape index (κ1) is 41.5. The van der Waals surface area contributed by atoms with E-state index < -0.39 is 0 Å². The number of benzene rings is 10. The fraction of sp³-hybridized carbons (Fsp3) is 0.0147. The Balaban J connectivity index is 1.14. The van der Waals surface area contributed by atoms with Crippen LogP contribution in [0.3, 0.4) is 0 Å². The summed E-state index contributed by atoms with van der Waals surface area (Å²) in [7, 11) is 0. The van der Waals surface area contributed by atoms with Gasteiger partial charge in [-0.25, -0.2) is 4.98 Å². The third-order valence-corrected chi connectivity index (χ3v) is 15.5. The van der Waals surface area contributed by atoms with Gasteiger partial charge in [0.25, 0.3) is 0 Å². The normalized spacial score (nSPS) is 12.9. The Morgan fingerprint density at radius 2 is 0.493 bits per heavy atom. The SMILES string of the molecule is c1ccc(C2=NN=C(c3ccc(-c4c(-n5c6ccccc6c6ccccc65)c(-n5c6ccccc6c6ccccc65)nc(-n5c6ccccc6c6ccccc65)c4-n4c5ccccc5c5ccccc54)cc3)C2)cc1. The van der Waals surface area contributed by atoms with Crippen molar-refractivity contribution in [3.8, 4) is 34.1 Å². The molecular formula is C68H43N7. The molecule has 16 rings (SSSR count). The minimum absolute atomic E-state index is 0.646. The number of pyridine rings is 1. The Morgan fingerprint density at radius 3 is 0.813 bits per heavy atom. The van der Waals surface area contributed by atoms with Gasteiger partial charge in [0.1, 0.15) is 11.4 Å². The lowest BCUT2D eigenvalue weighted by molar-refractivity contribution is 0.961. The van der Waals surface area contributed by atoms with Crippen LogP contribution >= 0.6 is 0 Å². The van der Waals surface area contributed by atoms with E-state index in [0.29, 0.717) is 6.42 Å². The number of nitrogens with zero attached hydrogens (tertiary/aromatic N) is 7. The summed E-state index contributed by atoms with van der Waals surface area (Å²) in [4.78, 5) is 6.35. The van der Waals surface area contributed by atoms with Crippen LogP contribution in [0.1, 0.15) is 17.5 Å². The summed E-state index contributed by atoms with van der Waals surface area (Å²) in [5.74, 6) is 1.61. The summed E-state index contributed by atoms with van der Waals surface area (Å²) in [6.07, 6.45) is 0.646. The lowest BCUT2D eigenvalue weighted by Crippen LogP contribution is -2.16. The Labute approximate surface area is 430 Å². The van der Waals surface area contributed by atoms with E-state index in [-0.39, 0.29) is 0 Å². The Morgan fingerprint density at radius 1 is 0.240 bits per heavy atom. The molecule has 15 aromatic rings. The second kappa shape index (κ2) is 16.2. The molecular weight excluding hydrogens is 915 g/mol. The van der Waals surface area contributed by atoms with Gasteiger partial charge in [0.15, 0.2) is 11.6 Å². The van der Waals surface area contributed by atoms with E-state index >= 15 is 0 Å². The Bertz CT molecular complexity index is 4440. The molecule has 0 saturated heterocycles. The van der Waals surface area contributed by atoms with Gasteiger partial charge in [-0.3, -0.25) is 9.13 Å². The first-order valence-corrected chi connectivity index (χ1v) is 25.6. The maximum atomic E-state index is 6.35. The van der Waals surface area contributed by atoms with Crippen LogP contribution in [0.2, 0.25) is 0 Å². The van der Waals surface area contributed by atoms with Crippen LogP contribution in [0.5, 0.6) is 0 Å².